The average molecular weight is 336 g/mol. The SMILES string of the molecule is COCCn1nnc(C2CN(C(=O)CCn3cnnc3)CCO2)n1. The van der Waals surface area contributed by atoms with Crippen molar-refractivity contribution in [3.63, 3.8) is 0 Å². The van der Waals surface area contributed by atoms with Gasteiger partial charge in [-0.2, -0.15) is 4.80 Å². The minimum absolute atomic E-state index is 0.0591. The monoisotopic (exact) mass is 336 g/mol. The number of tetrazole rings is 1. The minimum Gasteiger partial charge on any atom is -0.383 e. The predicted molar refractivity (Wildman–Crippen MR) is 79.6 cm³/mol. The first-order valence-corrected chi connectivity index (χ1v) is 7.74. The van der Waals surface area contributed by atoms with Crippen LogP contribution in [0.2, 0.25) is 0 Å². The van der Waals surface area contributed by atoms with E-state index in [1.165, 1.54) is 4.80 Å². The number of aryl methyl sites for hydroxylation is 1. The van der Waals surface area contributed by atoms with E-state index in [0.29, 0.717) is 51.6 Å². The lowest BCUT2D eigenvalue weighted by Gasteiger charge is -2.31. The highest BCUT2D eigenvalue weighted by atomic mass is 16.5. The first-order chi connectivity index (χ1) is 11.8. The lowest BCUT2D eigenvalue weighted by molar-refractivity contribution is -0.139. The van der Waals surface area contributed by atoms with Crippen molar-refractivity contribution in [3.8, 4) is 0 Å². The predicted octanol–water partition coefficient (Wildman–Crippen LogP) is -1.10. The van der Waals surface area contributed by atoms with Crippen LogP contribution in [0.25, 0.3) is 0 Å². The minimum atomic E-state index is -0.353. The van der Waals surface area contributed by atoms with E-state index >= 15 is 0 Å². The maximum absolute atomic E-state index is 12.4. The van der Waals surface area contributed by atoms with E-state index < -0.39 is 0 Å². The summed E-state index contributed by atoms with van der Waals surface area (Å²) in [6, 6.07) is 0. The summed E-state index contributed by atoms with van der Waals surface area (Å²) in [6.45, 7) is 3.04. The van der Waals surface area contributed by atoms with Crippen molar-refractivity contribution in [2.75, 3.05) is 33.4 Å². The average Bonchev–Trinajstić information content (AvgIpc) is 3.29. The molecule has 1 amide bonds. The van der Waals surface area contributed by atoms with Crippen LogP contribution in [0.4, 0.5) is 0 Å². The van der Waals surface area contributed by atoms with E-state index in [0.717, 1.165) is 0 Å². The van der Waals surface area contributed by atoms with Crippen molar-refractivity contribution in [3.05, 3.63) is 18.5 Å². The van der Waals surface area contributed by atoms with Gasteiger partial charge >= 0.3 is 0 Å². The fourth-order valence-electron chi connectivity index (χ4n) is 2.40. The van der Waals surface area contributed by atoms with E-state index in [4.69, 9.17) is 9.47 Å². The third kappa shape index (κ3) is 4.11. The van der Waals surface area contributed by atoms with Crippen LogP contribution in [0.15, 0.2) is 12.7 Å². The van der Waals surface area contributed by atoms with Crippen molar-refractivity contribution in [2.24, 2.45) is 0 Å². The fourth-order valence-corrected chi connectivity index (χ4v) is 2.40. The Morgan fingerprint density at radius 1 is 1.38 bits per heavy atom. The first kappa shape index (κ1) is 16.5. The van der Waals surface area contributed by atoms with Crippen LogP contribution in [0.5, 0.6) is 0 Å². The van der Waals surface area contributed by atoms with Gasteiger partial charge in [0, 0.05) is 26.6 Å². The van der Waals surface area contributed by atoms with E-state index in [-0.39, 0.29) is 12.0 Å². The standard InChI is InChI=1S/C13H20N8O3/c1-23-6-5-21-17-13(16-18-21)11-8-20(4-7-24-11)12(22)2-3-19-9-14-15-10-19/h9-11H,2-8H2,1H3. The highest BCUT2D eigenvalue weighted by Crippen LogP contribution is 2.19. The number of carbonyl (C=O) groups excluding carboxylic acids is 1. The lowest BCUT2D eigenvalue weighted by Crippen LogP contribution is -2.42. The topological polar surface area (TPSA) is 113 Å². The van der Waals surface area contributed by atoms with Crippen LogP contribution in [0.1, 0.15) is 18.3 Å². The number of rotatable bonds is 7. The Balaban J connectivity index is 1.53. The molecule has 24 heavy (non-hydrogen) atoms. The molecule has 0 aromatic carbocycles. The van der Waals surface area contributed by atoms with Crippen molar-refractivity contribution >= 4 is 5.91 Å². The normalized spacial score (nSPS) is 18.0. The van der Waals surface area contributed by atoms with Crippen molar-refractivity contribution in [1.29, 1.82) is 0 Å². The van der Waals surface area contributed by atoms with Gasteiger partial charge in [-0.25, -0.2) is 0 Å². The molecule has 0 spiro atoms. The Kier molecular flexibility index (Phi) is 5.43. The lowest BCUT2D eigenvalue weighted by atomic mass is 10.2. The van der Waals surface area contributed by atoms with Crippen molar-refractivity contribution < 1.29 is 14.3 Å². The number of methoxy groups -OCH3 is 1. The zero-order valence-electron chi connectivity index (χ0n) is 13.5. The number of aromatic nitrogens is 7. The third-order valence-corrected chi connectivity index (χ3v) is 3.72. The van der Waals surface area contributed by atoms with E-state index in [1.54, 1.807) is 29.2 Å². The number of hydrogen-bond acceptors (Lipinski definition) is 8. The highest BCUT2D eigenvalue weighted by Gasteiger charge is 2.28. The van der Waals surface area contributed by atoms with Crippen LogP contribution >= 0.6 is 0 Å². The summed E-state index contributed by atoms with van der Waals surface area (Å²) >= 11 is 0. The molecule has 1 atom stereocenters. The van der Waals surface area contributed by atoms with Crippen molar-refractivity contribution in [1.82, 2.24) is 39.9 Å². The zero-order chi connectivity index (χ0) is 16.8. The molecule has 0 saturated carbocycles. The molecule has 1 fully saturated rings. The quantitative estimate of drug-likeness (QED) is 0.626. The summed E-state index contributed by atoms with van der Waals surface area (Å²) in [5.74, 6) is 0.547. The van der Waals surface area contributed by atoms with Gasteiger partial charge in [0.25, 0.3) is 0 Å². The van der Waals surface area contributed by atoms with Crippen LogP contribution in [0.3, 0.4) is 0 Å². The third-order valence-electron chi connectivity index (χ3n) is 3.72. The molecule has 2 aromatic heterocycles. The molecule has 3 rings (SSSR count). The molecule has 3 heterocycles. The molecule has 0 radical (unpaired) electrons. The number of carbonyl (C=O) groups is 1. The van der Waals surface area contributed by atoms with Gasteiger partial charge in [-0.3, -0.25) is 4.79 Å². The zero-order valence-corrected chi connectivity index (χ0v) is 13.5. The Morgan fingerprint density at radius 2 is 2.21 bits per heavy atom. The molecule has 1 saturated heterocycles. The summed E-state index contributed by atoms with van der Waals surface area (Å²) in [5.41, 5.74) is 0. The van der Waals surface area contributed by atoms with Crippen LogP contribution in [-0.2, 0) is 27.4 Å². The summed E-state index contributed by atoms with van der Waals surface area (Å²) < 4.78 is 12.4. The smallest absolute Gasteiger partial charge is 0.224 e. The Hall–Kier alpha value is -2.40. The molecule has 0 aliphatic carbocycles. The largest absolute Gasteiger partial charge is 0.383 e. The van der Waals surface area contributed by atoms with Crippen LogP contribution in [0, 0.1) is 0 Å². The highest BCUT2D eigenvalue weighted by molar-refractivity contribution is 5.76. The maximum atomic E-state index is 12.4. The van der Waals surface area contributed by atoms with Crippen molar-refractivity contribution in [2.45, 2.75) is 25.6 Å². The van der Waals surface area contributed by atoms with Gasteiger partial charge in [0.2, 0.25) is 11.7 Å². The summed E-state index contributed by atoms with van der Waals surface area (Å²) in [5, 5.41) is 19.7. The van der Waals surface area contributed by atoms with Gasteiger partial charge in [0.15, 0.2) is 0 Å². The Bertz CT molecular complexity index is 643. The van der Waals surface area contributed by atoms with Gasteiger partial charge in [0.1, 0.15) is 18.8 Å². The van der Waals surface area contributed by atoms with Crippen LogP contribution in [-0.4, -0.2) is 79.2 Å². The van der Waals surface area contributed by atoms with E-state index in [2.05, 4.69) is 25.6 Å². The second kappa shape index (κ2) is 7.93. The molecule has 2 aromatic rings. The van der Waals surface area contributed by atoms with Gasteiger partial charge in [0.05, 0.1) is 26.3 Å². The molecule has 1 unspecified atom stereocenters. The van der Waals surface area contributed by atoms with Gasteiger partial charge < -0.3 is 18.9 Å². The molecule has 130 valence electrons. The second-order valence-corrected chi connectivity index (χ2v) is 5.39. The number of morpholine rings is 1. The fraction of sp³-hybridized carbons (Fsp3) is 0.692. The Morgan fingerprint density at radius 3 is 3.00 bits per heavy atom. The molecule has 0 N–H and O–H groups in total. The molecular formula is C13H20N8O3. The Labute approximate surface area is 138 Å². The number of ether oxygens (including phenoxy) is 2. The van der Waals surface area contributed by atoms with E-state index in [1.807, 2.05) is 0 Å². The summed E-state index contributed by atoms with van der Waals surface area (Å²) in [7, 11) is 1.62. The number of amides is 1. The molecule has 11 nitrogen and oxygen atoms in total. The second-order valence-electron chi connectivity index (χ2n) is 5.39. The molecule has 0 bridgehead atoms. The molecule has 1 aliphatic heterocycles. The van der Waals surface area contributed by atoms with Gasteiger partial charge in [-0.05, 0) is 5.21 Å². The summed E-state index contributed by atoms with van der Waals surface area (Å²) in [6.07, 6.45) is 3.22. The van der Waals surface area contributed by atoms with Crippen LogP contribution < -0.4 is 0 Å². The molecule has 1 aliphatic rings. The molecule has 11 heteroatoms. The summed E-state index contributed by atoms with van der Waals surface area (Å²) in [4.78, 5) is 15.6. The van der Waals surface area contributed by atoms with Gasteiger partial charge in [-0.1, -0.05) is 0 Å². The van der Waals surface area contributed by atoms with E-state index in [9.17, 15) is 4.79 Å². The number of nitrogens with zero attached hydrogens (tertiary/aromatic N) is 8. The number of hydrogen-bond donors (Lipinski definition) is 0. The maximum Gasteiger partial charge on any atom is 0.224 e. The molecular weight excluding hydrogens is 316 g/mol. The van der Waals surface area contributed by atoms with Gasteiger partial charge in [-0.15, -0.1) is 20.4 Å². The first-order valence-electron chi connectivity index (χ1n) is 7.74.